The summed E-state index contributed by atoms with van der Waals surface area (Å²) in [6.45, 7) is 4.41. The Bertz CT molecular complexity index is 1140. The number of unbranched alkanes of at least 4 members (excludes halogenated alkanes) is 1. The molecule has 1 saturated heterocycles. The maximum absolute atomic E-state index is 10.9. The first kappa shape index (κ1) is 23.1. The quantitative estimate of drug-likeness (QED) is 0.204. The number of primary amides is 1. The molecule has 3 heterocycles. The van der Waals surface area contributed by atoms with Gasteiger partial charge in [0.2, 0.25) is 5.91 Å². The van der Waals surface area contributed by atoms with Crippen molar-refractivity contribution in [2.45, 2.75) is 25.8 Å². The molecular weight excluding hydrogens is 438 g/mol. The van der Waals surface area contributed by atoms with E-state index in [0.29, 0.717) is 36.7 Å². The number of carbonyl (C=O) groups excluding carboxylic acids is 1. The number of ether oxygens (including phenoxy) is 1. The predicted octanol–water partition coefficient (Wildman–Crippen LogP) is 2.52. The van der Waals surface area contributed by atoms with E-state index in [1.807, 2.05) is 12.1 Å². The molecule has 1 aliphatic rings. The molecule has 0 bridgehead atoms. The van der Waals surface area contributed by atoms with Gasteiger partial charge in [0.1, 0.15) is 0 Å². The van der Waals surface area contributed by atoms with E-state index in [2.05, 4.69) is 16.3 Å². The molecule has 2 aromatic heterocycles. The molecule has 1 fully saturated rings. The molecule has 6 N–H and O–H groups in total. The SMILES string of the molecule is N=Cc1c(N)cccc1-c1nc(N2CCOCC2)c2sc(CNCCCCC(N)=O)cc2n1. The van der Waals surface area contributed by atoms with Gasteiger partial charge < -0.3 is 31.8 Å². The fourth-order valence-corrected chi connectivity index (χ4v) is 4.94. The van der Waals surface area contributed by atoms with Gasteiger partial charge in [-0.25, -0.2) is 9.97 Å². The average molecular weight is 468 g/mol. The number of thiophene rings is 1. The number of nitrogens with zero attached hydrogens (tertiary/aromatic N) is 3. The second-order valence-electron chi connectivity index (χ2n) is 7.95. The van der Waals surface area contributed by atoms with E-state index in [0.717, 1.165) is 60.6 Å². The number of carbonyl (C=O) groups is 1. The van der Waals surface area contributed by atoms with Gasteiger partial charge in [-0.2, -0.15) is 0 Å². The summed E-state index contributed by atoms with van der Waals surface area (Å²) in [4.78, 5) is 24.1. The number of hydrogen-bond acceptors (Lipinski definition) is 9. The number of nitrogen functional groups attached to an aromatic ring is 1. The summed E-state index contributed by atoms with van der Waals surface area (Å²) in [6, 6.07) is 7.65. The Morgan fingerprint density at radius 1 is 1.27 bits per heavy atom. The number of fused-ring (bicyclic) bond motifs is 1. The van der Waals surface area contributed by atoms with E-state index in [9.17, 15) is 4.79 Å². The molecule has 0 aliphatic carbocycles. The maximum atomic E-state index is 10.9. The van der Waals surface area contributed by atoms with Gasteiger partial charge in [0.05, 0.1) is 23.4 Å². The minimum Gasteiger partial charge on any atom is -0.398 e. The van der Waals surface area contributed by atoms with Crippen LogP contribution in [0.2, 0.25) is 0 Å². The van der Waals surface area contributed by atoms with Crippen LogP contribution in [0.3, 0.4) is 0 Å². The van der Waals surface area contributed by atoms with Gasteiger partial charge in [0.15, 0.2) is 11.6 Å². The van der Waals surface area contributed by atoms with E-state index in [4.69, 9.17) is 31.6 Å². The Morgan fingerprint density at radius 2 is 2.09 bits per heavy atom. The molecule has 0 saturated carbocycles. The average Bonchev–Trinajstić information content (AvgIpc) is 3.23. The minimum atomic E-state index is -0.254. The van der Waals surface area contributed by atoms with Crippen molar-refractivity contribution < 1.29 is 9.53 Å². The highest BCUT2D eigenvalue weighted by molar-refractivity contribution is 7.19. The molecule has 1 amide bonds. The third-order valence-electron chi connectivity index (χ3n) is 5.57. The molecule has 33 heavy (non-hydrogen) atoms. The lowest BCUT2D eigenvalue weighted by atomic mass is 10.1. The Labute approximate surface area is 196 Å². The highest BCUT2D eigenvalue weighted by Gasteiger charge is 2.21. The largest absolute Gasteiger partial charge is 0.398 e. The molecule has 0 radical (unpaired) electrons. The van der Waals surface area contributed by atoms with Crippen LogP contribution in [-0.4, -0.2) is 54.9 Å². The van der Waals surface area contributed by atoms with Crippen molar-refractivity contribution >= 4 is 45.2 Å². The van der Waals surface area contributed by atoms with Gasteiger partial charge in [0.25, 0.3) is 0 Å². The first-order valence-electron chi connectivity index (χ1n) is 11.1. The van der Waals surface area contributed by atoms with Gasteiger partial charge in [-0.3, -0.25) is 4.79 Å². The molecule has 9 nitrogen and oxygen atoms in total. The van der Waals surface area contributed by atoms with Crippen LogP contribution >= 0.6 is 11.3 Å². The van der Waals surface area contributed by atoms with Crippen molar-refractivity contribution in [1.82, 2.24) is 15.3 Å². The number of benzene rings is 1. The molecule has 3 aromatic rings. The van der Waals surface area contributed by atoms with Crippen LogP contribution in [0.25, 0.3) is 21.6 Å². The van der Waals surface area contributed by atoms with Crippen LogP contribution in [-0.2, 0) is 16.1 Å². The molecule has 4 rings (SSSR count). The normalized spacial score (nSPS) is 14.0. The van der Waals surface area contributed by atoms with Crippen LogP contribution in [0.5, 0.6) is 0 Å². The zero-order chi connectivity index (χ0) is 23.2. The van der Waals surface area contributed by atoms with Crippen molar-refractivity contribution in [1.29, 1.82) is 5.41 Å². The molecule has 1 aliphatic heterocycles. The standard InChI is InChI=1S/C23H29N7O2S/c24-13-17-16(4-3-5-18(17)25)22-28-19-12-15(14-27-7-2-1-6-20(26)31)33-21(19)23(29-22)30-8-10-32-11-9-30/h3-5,12-13,24,27H,1-2,6-11,14,25H2,(H2,26,31). The van der Waals surface area contributed by atoms with Crippen LogP contribution < -0.4 is 21.7 Å². The van der Waals surface area contributed by atoms with Crippen molar-refractivity contribution in [3.8, 4) is 11.4 Å². The number of morpholine rings is 1. The van der Waals surface area contributed by atoms with Gasteiger partial charge in [-0.05, 0) is 31.5 Å². The first-order chi connectivity index (χ1) is 16.1. The maximum Gasteiger partial charge on any atom is 0.217 e. The fourth-order valence-electron chi connectivity index (χ4n) is 3.86. The zero-order valence-electron chi connectivity index (χ0n) is 18.5. The summed E-state index contributed by atoms with van der Waals surface area (Å²) in [7, 11) is 0. The Kier molecular flexibility index (Phi) is 7.48. The number of anilines is 2. The minimum absolute atomic E-state index is 0.254. The van der Waals surface area contributed by atoms with E-state index < -0.39 is 0 Å². The van der Waals surface area contributed by atoms with E-state index in [1.165, 1.54) is 11.1 Å². The third kappa shape index (κ3) is 5.47. The van der Waals surface area contributed by atoms with E-state index >= 15 is 0 Å². The van der Waals surface area contributed by atoms with Crippen molar-refractivity contribution in [2.24, 2.45) is 5.73 Å². The van der Waals surface area contributed by atoms with Crippen molar-refractivity contribution in [3.63, 3.8) is 0 Å². The molecule has 0 spiro atoms. The van der Waals surface area contributed by atoms with Gasteiger partial charge in [-0.1, -0.05) is 12.1 Å². The van der Waals surface area contributed by atoms with Gasteiger partial charge >= 0.3 is 0 Å². The molecule has 1 aromatic carbocycles. The lowest BCUT2D eigenvalue weighted by Crippen LogP contribution is -2.36. The second-order valence-corrected chi connectivity index (χ2v) is 9.09. The van der Waals surface area contributed by atoms with E-state index in [-0.39, 0.29) is 5.91 Å². The second kappa shape index (κ2) is 10.7. The number of nitrogens with two attached hydrogens (primary N) is 2. The molecule has 10 heteroatoms. The number of aromatic nitrogens is 2. The zero-order valence-corrected chi connectivity index (χ0v) is 19.3. The van der Waals surface area contributed by atoms with Crippen LogP contribution in [0.15, 0.2) is 24.3 Å². The van der Waals surface area contributed by atoms with Crippen LogP contribution in [0.1, 0.15) is 29.7 Å². The number of rotatable bonds is 10. The Balaban J connectivity index is 1.63. The number of hydrogen-bond donors (Lipinski definition) is 4. The highest BCUT2D eigenvalue weighted by Crippen LogP contribution is 2.35. The summed E-state index contributed by atoms with van der Waals surface area (Å²) in [6.07, 6.45) is 3.38. The fraction of sp³-hybridized carbons (Fsp3) is 0.391. The van der Waals surface area contributed by atoms with Gasteiger partial charge in [-0.15, -0.1) is 11.3 Å². The van der Waals surface area contributed by atoms with Crippen molar-refractivity contribution in [2.75, 3.05) is 43.5 Å². The molecule has 0 atom stereocenters. The molecule has 0 unspecified atom stereocenters. The lowest BCUT2D eigenvalue weighted by molar-refractivity contribution is -0.118. The molecule has 174 valence electrons. The number of nitrogens with one attached hydrogen (secondary N) is 2. The summed E-state index contributed by atoms with van der Waals surface area (Å²) in [5.74, 6) is 1.21. The Morgan fingerprint density at radius 3 is 2.85 bits per heavy atom. The Hall–Kier alpha value is -3.08. The first-order valence-corrected chi connectivity index (χ1v) is 11.9. The molecular formula is C23H29N7O2S. The van der Waals surface area contributed by atoms with Crippen LogP contribution in [0, 0.1) is 5.41 Å². The summed E-state index contributed by atoms with van der Waals surface area (Å²) in [5, 5.41) is 11.3. The third-order valence-corrected chi connectivity index (χ3v) is 6.69. The summed E-state index contributed by atoms with van der Waals surface area (Å²) in [5.41, 5.74) is 14.1. The van der Waals surface area contributed by atoms with E-state index in [1.54, 1.807) is 17.4 Å². The van der Waals surface area contributed by atoms with Crippen molar-refractivity contribution in [3.05, 3.63) is 34.7 Å². The monoisotopic (exact) mass is 467 g/mol. The van der Waals surface area contributed by atoms with Gasteiger partial charge in [0, 0.05) is 54.0 Å². The highest BCUT2D eigenvalue weighted by atomic mass is 32.1. The summed E-state index contributed by atoms with van der Waals surface area (Å²) >= 11 is 1.69. The predicted molar refractivity (Wildman–Crippen MR) is 133 cm³/mol. The number of amides is 1. The topological polar surface area (TPSA) is 143 Å². The summed E-state index contributed by atoms with van der Waals surface area (Å²) < 4.78 is 6.59. The van der Waals surface area contributed by atoms with Crippen LogP contribution in [0.4, 0.5) is 11.5 Å². The smallest absolute Gasteiger partial charge is 0.217 e. The lowest BCUT2D eigenvalue weighted by Gasteiger charge is -2.28.